The summed E-state index contributed by atoms with van der Waals surface area (Å²) < 4.78 is 4.94. The Balaban J connectivity index is 2.89. The summed E-state index contributed by atoms with van der Waals surface area (Å²) in [5.41, 5.74) is 7.48. The van der Waals surface area contributed by atoms with E-state index in [-0.39, 0.29) is 0 Å². The Hall–Kier alpha value is -1.59. The summed E-state index contributed by atoms with van der Waals surface area (Å²) in [6, 6.07) is 5.78. The van der Waals surface area contributed by atoms with Gasteiger partial charge >= 0.3 is 0 Å². The number of hydrogen-bond donors (Lipinski definition) is 3. The molecule has 0 saturated carbocycles. The van der Waals surface area contributed by atoms with Crippen LogP contribution in [0.3, 0.4) is 0 Å². The van der Waals surface area contributed by atoms with E-state index in [2.05, 4.69) is 0 Å². The number of hydroxylamine groups is 1. The number of ether oxygens (including phenoxy) is 1. The molecule has 0 aliphatic carbocycles. The quantitative estimate of drug-likeness (QED) is 0.600. The summed E-state index contributed by atoms with van der Waals surface area (Å²) in [5, 5.41) is 8.69. The SMILES string of the molecule is COc1ccc(C(NO)C(N)=O)cc1. The molecular weight excluding hydrogens is 184 g/mol. The molecule has 14 heavy (non-hydrogen) atoms. The molecule has 4 N–H and O–H groups in total. The van der Waals surface area contributed by atoms with Crippen molar-refractivity contribution in [3.63, 3.8) is 0 Å². The number of carbonyl (C=O) groups is 1. The molecule has 0 aliphatic heterocycles. The van der Waals surface area contributed by atoms with Crippen molar-refractivity contribution in [1.29, 1.82) is 0 Å². The first kappa shape index (κ1) is 10.5. The summed E-state index contributed by atoms with van der Waals surface area (Å²) in [7, 11) is 1.55. The van der Waals surface area contributed by atoms with E-state index in [1.807, 2.05) is 5.48 Å². The first-order valence-electron chi connectivity index (χ1n) is 4.02. The molecule has 1 atom stereocenters. The van der Waals surface area contributed by atoms with Crippen molar-refractivity contribution in [3.8, 4) is 5.75 Å². The van der Waals surface area contributed by atoms with Crippen molar-refractivity contribution in [3.05, 3.63) is 29.8 Å². The molecule has 1 unspecified atom stereocenters. The van der Waals surface area contributed by atoms with Gasteiger partial charge in [-0.15, -0.1) is 0 Å². The lowest BCUT2D eigenvalue weighted by Crippen LogP contribution is -2.31. The molecule has 0 spiro atoms. The average Bonchev–Trinajstić information content (AvgIpc) is 2.19. The summed E-state index contributed by atoms with van der Waals surface area (Å²) in [6.45, 7) is 0. The second-order valence-electron chi connectivity index (χ2n) is 2.74. The minimum Gasteiger partial charge on any atom is -0.497 e. The van der Waals surface area contributed by atoms with Gasteiger partial charge in [-0.3, -0.25) is 4.79 Å². The predicted octanol–water partition coefficient (Wildman–Crippen LogP) is 0.200. The Morgan fingerprint density at radius 1 is 1.50 bits per heavy atom. The van der Waals surface area contributed by atoms with Gasteiger partial charge in [0.1, 0.15) is 11.8 Å². The van der Waals surface area contributed by atoms with Crippen LogP contribution in [-0.2, 0) is 4.79 Å². The maximum Gasteiger partial charge on any atom is 0.241 e. The van der Waals surface area contributed by atoms with Crippen LogP contribution in [0.25, 0.3) is 0 Å². The fraction of sp³-hybridized carbons (Fsp3) is 0.222. The number of hydrogen-bond acceptors (Lipinski definition) is 4. The van der Waals surface area contributed by atoms with Gasteiger partial charge in [0, 0.05) is 0 Å². The van der Waals surface area contributed by atoms with Gasteiger partial charge in [0.2, 0.25) is 5.91 Å². The third-order valence-corrected chi connectivity index (χ3v) is 1.86. The largest absolute Gasteiger partial charge is 0.497 e. The summed E-state index contributed by atoms with van der Waals surface area (Å²) in [6.07, 6.45) is 0. The van der Waals surface area contributed by atoms with E-state index in [0.29, 0.717) is 11.3 Å². The van der Waals surface area contributed by atoms with Gasteiger partial charge in [0.05, 0.1) is 7.11 Å². The van der Waals surface area contributed by atoms with Crippen LogP contribution in [0.15, 0.2) is 24.3 Å². The van der Waals surface area contributed by atoms with Crippen LogP contribution in [0.2, 0.25) is 0 Å². The average molecular weight is 196 g/mol. The highest BCUT2D eigenvalue weighted by atomic mass is 16.5. The molecule has 0 saturated heterocycles. The van der Waals surface area contributed by atoms with E-state index in [9.17, 15) is 4.79 Å². The molecule has 0 aliphatic rings. The van der Waals surface area contributed by atoms with E-state index >= 15 is 0 Å². The molecule has 0 bridgehead atoms. The Morgan fingerprint density at radius 2 is 2.07 bits per heavy atom. The van der Waals surface area contributed by atoms with Gasteiger partial charge in [-0.2, -0.15) is 5.48 Å². The highest BCUT2D eigenvalue weighted by Crippen LogP contribution is 2.16. The van der Waals surface area contributed by atoms with E-state index in [1.54, 1.807) is 31.4 Å². The van der Waals surface area contributed by atoms with Crippen LogP contribution in [0, 0.1) is 0 Å². The van der Waals surface area contributed by atoms with Crippen molar-refractivity contribution < 1.29 is 14.7 Å². The van der Waals surface area contributed by atoms with Crippen LogP contribution >= 0.6 is 0 Å². The molecule has 5 heteroatoms. The maximum absolute atomic E-state index is 10.9. The number of nitrogens with two attached hydrogens (primary N) is 1. The van der Waals surface area contributed by atoms with Crippen LogP contribution in [-0.4, -0.2) is 18.2 Å². The van der Waals surface area contributed by atoms with E-state index in [4.69, 9.17) is 15.7 Å². The first-order valence-corrected chi connectivity index (χ1v) is 4.02. The van der Waals surface area contributed by atoms with Gasteiger partial charge in [-0.1, -0.05) is 12.1 Å². The molecule has 1 aromatic carbocycles. The number of rotatable bonds is 4. The third-order valence-electron chi connectivity index (χ3n) is 1.86. The minimum atomic E-state index is -0.888. The predicted molar refractivity (Wildman–Crippen MR) is 49.9 cm³/mol. The second kappa shape index (κ2) is 4.59. The van der Waals surface area contributed by atoms with Gasteiger partial charge in [-0.05, 0) is 17.7 Å². The van der Waals surface area contributed by atoms with Crippen molar-refractivity contribution in [2.24, 2.45) is 5.73 Å². The first-order chi connectivity index (χ1) is 6.69. The Bertz CT molecular complexity index is 310. The lowest BCUT2D eigenvalue weighted by atomic mass is 10.1. The number of methoxy groups -OCH3 is 1. The second-order valence-corrected chi connectivity index (χ2v) is 2.74. The molecule has 1 aromatic rings. The molecule has 0 radical (unpaired) electrons. The molecular formula is C9H12N2O3. The summed E-state index contributed by atoms with van der Waals surface area (Å²) >= 11 is 0. The van der Waals surface area contributed by atoms with Gasteiger partial charge in [0.25, 0.3) is 0 Å². The standard InChI is InChI=1S/C9H12N2O3/c1-14-7-4-2-6(3-5-7)8(11-13)9(10)12/h2-5,8,11,13H,1H3,(H2,10,12). The van der Waals surface area contributed by atoms with Gasteiger partial charge in [-0.25, -0.2) is 0 Å². The maximum atomic E-state index is 10.9. The lowest BCUT2D eigenvalue weighted by molar-refractivity contribution is -0.122. The van der Waals surface area contributed by atoms with Crippen molar-refractivity contribution >= 4 is 5.91 Å². The fourth-order valence-electron chi connectivity index (χ4n) is 1.10. The molecule has 0 aromatic heterocycles. The molecule has 0 fully saturated rings. The molecule has 0 heterocycles. The van der Waals surface area contributed by atoms with Crippen LogP contribution in [0.5, 0.6) is 5.75 Å². The van der Waals surface area contributed by atoms with Crippen molar-refractivity contribution in [2.45, 2.75) is 6.04 Å². The fourth-order valence-corrected chi connectivity index (χ4v) is 1.10. The number of primary amides is 1. The molecule has 1 rings (SSSR count). The van der Waals surface area contributed by atoms with E-state index in [1.165, 1.54) is 0 Å². The van der Waals surface area contributed by atoms with Crippen LogP contribution in [0.4, 0.5) is 0 Å². The van der Waals surface area contributed by atoms with E-state index in [0.717, 1.165) is 0 Å². The Labute approximate surface area is 81.4 Å². The number of nitrogens with one attached hydrogen (secondary N) is 1. The molecule has 1 amide bonds. The van der Waals surface area contributed by atoms with Crippen LogP contribution in [0.1, 0.15) is 11.6 Å². The van der Waals surface area contributed by atoms with E-state index < -0.39 is 11.9 Å². The topological polar surface area (TPSA) is 84.6 Å². The highest BCUT2D eigenvalue weighted by Gasteiger charge is 2.15. The lowest BCUT2D eigenvalue weighted by Gasteiger charge is -2.11. The minimum absolute atomic E-state index is 0.584. The van der Waals surface area contributed by atoms with Crippen LogP contribution < -0.4 is 16.0 Å². The van der Waals surface area contributed by atoms with Gasteiger partial charge in [0.15, 0.2) is 0 Å². The molecule has 76 valence electrons. The molecule has 5 nitrogen and oxygen atoms in total. The Morgan fingerprint density at radius 3 is 2.43 bits per heavy atom. The third kappa shape index (κ3) is 2.21. The van der Waals surface area contributed by atoms with Crippen molar-refractivity contribution in [2.75, 3.05) is 7.11 Å². The van der Waals surface area contributed by atoms with Crippen molar-refractivity contribution in [1.82, 2.24) is 5.48 Å². The van der Waals surface area contributed by atoms with Gasteiger partial charge < -0.3 is 15.7 Å². The summed E-state index contributed by atoms with van der Waals surface area (Å²) in [5.74, 6) is 0.0348. The Kier molecular flexibility index (Phi) is 3.44. The zero-order valence-corrected chi connectivity index (χ0v) is 7.73. The number of benzene rings is 1. The zero-order valence-electron chi connectivity index (χ0n) is 7.73. The zero-order chi connectivity index (χ0) is 10.6. The highest BCUT2D eigenvalue weighted by molar-refractivity contribution is 5.81. The normalized spacial score (nSPS) is 12.1. The number of amides is 1. The summed E-state index contributed by atoms with van der Waals surface area (Å²) in [4.78, 5) is 10.9. The number of carbonyl (C=O) groups excluding carboxylic acids is 1. The monoisotopic (exact) mass is 196 g/mol. The smallest absolute Gasteiger partial charge is 0.241 e.